The lowest BCUT2D eigenvalue weighted by atomic mass is 10.3. The van der Waals surface area contributed by atoms with Crippen LogP contribution in [0.4, 0.5) is 13.2 Å². The number of carbonyl (C=O) groups excluding carboxylic acids is 2. The van der Waals surface area contributed by atoms with Crippen molar-refractivity contribution in [3.05, 3.63) is 58.4 Å². The Kier molecular flexibility index (Phi) is 6.43. The molecular formula is C17H17F3N2O5. The van der Waals surface area contributed by atoms with Crippen LogP contribution in [-0.4, -0.2) is 47.2 Å². The molecule has 7 nitrogen and oxygen atoms in total. The van der Waals surface area contributed by atoms with Gasteiger partial charge < -0.3 is 18.6 Å². The first kappa shape index (κ1) is 20.3. The van der Waals surface area contributed by atoms with Crippen LogP contribution in [0.3, 0.4) is 0 Å². The van der Waals surface area contributed by atoms with E-state index in [0.717, 1.165) is 0 Å². The molecule has 0 saturated heterocycles. The van der Waals surface area contributed by atoms with Crippen LogP contribution in [0.2, 0.25) is 0 Å². The van der Waals surface area contributed by atoms with Crippen molar-refractivity contribution in [3.8, 4) is 0 Å². The van der Waals surface area contributed by atoms with Gasteiger partial charge in [-0.2, -0.15) is 13.2 Å². The van der Waals surface area contributed by atoms with Crippen LogP contribution in [0.5, 0.6) is 0 Å². The third-order valence-electron chi connectivity index (χ3n) is 3.38. The van der Waals surface area contributed by atoms with Gasteiger partial charge in [-0.25, -0.2) is 0 Å². The molecule has 0 aliphatic heterocycles. The molecule has 27 heavy (non-hydrogen) atoms. The third-order valence-corrected chi connectivity index (χ3v) is 3.38. The molecule has 146 valence electrons. The Labute approximate surface area is 151 Å². The number of hydrogen-bond donors (Lipinski definition) is 0. The number of carbonyl (C=O) groups is 2. The van der Waals surface area contributed by atoms with Crippen LogP contribution in [0.1, 0.15) is 23.2 Å². The molecule has 0 unspecified atom stereocenters. The smallest absolute Gasteiger partial charge is 0.406 e. The average Bonchev–Trinajstić information content (AvgIpc) is 3.03. The maximum absolute atomic E-state index is 12.7. The van der Waals surface area contributed by atoms with Crippen LogP contribution in [0.25, 0.3) is 0 Å². The summed E-state index contributed by atoms with van der Waals surface area (Å²) in [5, 5.41) is 0. The van der Waals surface area contributed by atoms with Gasteiger partial charge in [-0.05, 0) is 25.1 Å². The van der Waals surface area contributed by atoms with Crippen molar-refractivity contribution in [2.75, 3.05) is 19.7 Å². The molecule has 2 aromatic heterocycles. The second-order valence-corrected chi connectivity index (χ2v) is 5.51. The van der Waals surface area contributed by atoms with E-state index in [1.807, 2.05) is 0 Å². The molecule has 0 aliphatic rings. The van der Waals surface area contributed by atoms with Crippen molar-refractivity contribution in [2.24, 2.45) is 0 Å². The molecule has 2 rings (SSSR count). The van der Waals surface area contributed by atoms with Crippen molar-refractivity contribution >= 4 is 11.9 Å². The van der Waals surface area contributed by atoms with Gasteiger partial charge in [-0.3, -0.25) is 14.4 Å². The van der Waals surface area contributed by atoms with E-state index in [-0.39, 0.29) is 30.2 Å². The van der Waals surface area contributed by atoms with E-state index in [2.05, 4.69) is 4.74 Å². The van der Waals surface area contributed by atoms with Crippen molar-refractivity contribution in [1.29, 1.82) is 0 Å². The van der Waals surface area contributed by atoms with E-state index >= 15 is 0 Å². The minimum atomic E-state index is -4.70. The van der Waals surface area contributed by atoms with Crippen LogP contribution in [0.15, 0.2) is 45.7 Å². The van der Waals surface area contributed by atoms with Gasteiger partial charge in [0.05, 0.1) is 13.2 Å². The van der Waals surface area contributed by atoms with Gasteiger partial charge in [0.15, 0.2) is 5.76 Å². The zero-order valence-electron chi connectivity index (χ0n) is 14.4. The van der Waals surface area contributed by atoms with E-state index in [4.69, 9.17) is 4.42 Å². The number of halogens is 3. The highest BCUT2D eigenvalue weighted by Crippen LogP contribution is 2.19. The highest BCUT2D eigenvalue weighted by atomic mass is 19.4. The SMILES string of the molecule is CCOC(=O)CN(CC(F)(F)F)C(=O)c1ccc(Cn2ccccc2=O)o1. The Morgan fingerprint density at radius 1 is 1.22 bits per heavy atom. The van der Waals surface area contributed by atoms with Crippen LogP contribution in [-0.2, 0) is 16.1 Å². The number of aromatic nitrogens is 1. The molecule has 0 radical (unpaired) electrons. The van der Waals surface area contributed by atoms with Gasteiger partial charge in [0.25, 0.3) is 11.5 Å². The lowest BCUT2D eigenvalue weighted by Crippen LogP contribution is -2.42. The largest absolute Gasteiger partial charge is 0.465 e. The molecule has 2 aromatic rings. The number of pyridine rings is 1. The molecule has 0 aromatic carbocycles. The summed E-state index contributed by atoms with van der Waals surface area (Å²) in [6.07, 6.45) is -3.20. The molecule has 0 fully saturated rings. The number of esters is 1. The second kappa shape index (κ2) is 8.56. The minimum absolute atomic E-state index is 0.00407. The first-order valence-corrected chi connectivity index (χ1v) is 7.95. The van der Waals surface area contributed by atoms with E-state index in [1.54, 1.807) is 12.1 Å². The fraction of sp³-hybridized carbons (Fsp3) is 0.353. The molecule has 10 heteroatoms. The van der Waals surface area contributed by atoms with E-state index in [1.165, 1.54) is 35.9 Å². The van der Waals surface area contributed by atoms with Gasteiger partial charge in [0.1, 0.15) is 18.8 Å². The van der Waals surface area contributed by atoms with Crippen LogP contribution >= 0.6 is 0 Å². The number of rotatable bonds is 7. The van der Waals surface area contributed by atoms with Crippen molar-refractivity contribution in [3.63, 3.8) is 0 Å². The summed E-state index contributed by atoms with van der Waals surface area (Å²) in [4.78, 5) is 35.8. The van der Waals surface area contributed by atoms with Gasteiger partial charge in [0, 0.05) is 12.3 Å². The van der Waals surface area contributed by atoms with Crippen LogP contribution < -0.4 is 5.56 Å². The fourth-order valence-corrected chi connectivity index (χ4v) is 2.27. The molecule has 0 aliphatic carbocycles. The molecular weight excluding hydrogens is 369 g/mol. The number of nitrogens with zero attached hydrogens (tertiary/aromatic N) is 2. The maximum atomic E-state index is 12.7. The van der Waals surface area contributed by atoms with Gasteiger partial charge in [-0.1, -0.05) is 6.07 Å². The molecule has 0 bridgehead atoms. The third kappa shape index (κ3) is 6.01. The molecule has 0 atom stereocenters. The average molecular weight is 386 g/mol. The van der Waals surface area contributed by atoms with Crippen molar-refractivity contribution < 1.29 is 31.9 Å². The number of ether oxygens (including phenoxy) is 1. The summed E-state index contributed by atoms with van der Waals surface area (Å²) < 4.78 is 49.4. The Bertz CT molecular complexity index is 856. The summed E-state index contributed by atoms with van der Waals surface area (Å²) in [6, 6.07) is 7.09. The standard InChI is InChI=1S/C17H17F3N2O5/c1-2-26-15(24)10-22(11-17(18,19)20)16(25)13-7-6-12(27-13)9-21-8-4-3-5-14(21)23/h3-8H,2,9-11H2,1H3. The number of alkyl halides is 3. The quantitative estimate of drug-likeness (QED) is 0.681. The lowest BCUT2D eigenvalue weighted by molar-refractivity contribution is -0.153. The second-order valence-electron chi connectivity index (χ2n) is 5.51. The lowest BCUT2D eigenvalue weighted by Gasteiger charge is -2.21. The first-order chi connectivity index (χ1) is 12.7. The highest BCUT2D eigenvalue weighted by Gasteiger charge is 2.35. The topological polar surface area (TPSA) is 81.8 Å². The molecule has 0 saturated carbocycles. The summed E-state index contributed by atoms with van der Waals surface area (Å²) in [6.45, 7) is -1.01. The van der Waals surface area contributed by atoms with Gasteiger partial charge in [0.2, 0.25) is 0 Å². The Hall–Kier alpha value is -3.04. The van der Waals surface area contributed by atoms with E-state index in [9.17, 15) is 27.6 Å². The monoisotopic (exact) mass is 386 g/mol. The molecule has 0 spiro atoms. The zero-order chi connectivity index (χ0) is 20.0. The Balaban J connectivity index is 2.17. The normalized spacial score (nSPS) is 11.3. The van der Waals surface area contributed by atoms with Crippen molar-refractivity contribution in [2.45, 2.75) is 19.6 Å². The summed E-state index contributed by atoms with van der Waals surface area (Å²) in [7, 11) is 0. The summed E-state index contributed by atoms with van der Waals surface area (Å²) >= 11 is 0. The number of hydrogen-bond acceptors (Lipinski definition) is 5. The molecule has 0 N–H and O–H groups in total. The minimum Gasteiger partial charge on any atom is -0.465 e. The Morgan fingerprint density at radius 3 is 2.59 bits per heavy atom. The first-order valence-electron chi connectivity index (χ1n) is 7.95. The summed E-state index contributed by atoms with van der Waals surface area (Å²) in [5.74, 6) is -2.23. The number of furan rings is 1. The predicted molar refractivity (Wildman–Crippen MR) is 87.1 cm³/mol. The summed E-state index contributed by atoms with van der Waals surface area (Å²) in [5.41, 5.74) is -0.303. The molecule has 2 heterocycles. The van der Waals surface area contributed by atoms with Crippen LogP contribution in [0, 0.1) is 0 Å². The Morgan fingerprint density at radius 2 is 1.96 bits per heavy atom. The highest BCUT2D eigenvalue weighted by molar-refractivity contribution is 5.93. The fourth-order valence-electron chi connectivity index (χ4n) is 2.27. The molecule has 1 amide bonds. The van der Waals surface area contributed by atoms with E-state index < -0.39 is 31.1 Å². The van der Waals surface area contributed by atoms with Crippen molar-refractivity contribution in [1.82, 2.24) is 9.47 Å². The maximum Gasteiger partial charge on any atom is 0.406 e. The van der Waals surface area contributed by atoms with Gasteiger partial charge >= 0.3 is 12.1 Å². The number of amides is 1. The van der Waals surface area contributed by atoms with E-state index in [0.29, 0.717) is 4.90 Å². The predicted octanol–water partition coefficient (Wildman–Crippen LogP) is 2.06. The van der Waals surface area contributed by atoms with Gasteiger partial charge in [-0.15, -0.1) is 0 Å². The zero-order valence-corrected chi connectivity index (χ0v) is 14.4.